The van der Waals surface area contributed by atoms with Crippen molar-refractivity contribution in [1.82, 2.24) is 5.32 Å². The third kappa shape index (κ3) is 5.93. The summed E-state index contributed by atoms with van der Waals surface area (Å²) in [5, 5.41) is 6.35. The van der Waals surface area contributed by atoms with Gasteiger partial charge in [-0.3, -0.25) is 9.59 Å². The number of para-hydroxylation sites is 1. The molecule has 138 valence electrons. The van der Waals surface area contributed by atoms with Gasteiger partial charge < -0.3 is 15.4 Å². The van der Waals surface area contributed by atoms with Crippen LogP contribution in [0.25, 0.3) is 0 Å². The lowest BCUT2D eigenvalue weighted by Gasteiger charge is -2.10. The predicted octanol–water partition coefficient (Wildman–Crippen LogP) is 4.54. The second-order valence-electron chi connectivity index (χ2n) is 5.47. The number of carbonyl (C=O) groups excluding carboxylic acids is 2. The van der Waals surface area contributed by atoms with Crippen LogP contribution in [-0.2, 0) is 4.79 Å². The van der Waals surface area contributed by atoms with Crippen molar-refractivity contribution in [3.63, 3.8) is 0 Å². The van der Waals surface area contributed by atoms with Crippen LogP contribution in [0.5, 0.6) is 5.75 Å². The minimum Gasteiger partial charge on any atom is -0.493 e. The zero-order valence-electron chi connectivity index (χ0n) is 14.4. The van der Waals surface area contributed by atoms with Gasteiger partial charge in [0.2, 0.25) is 5.91 Å². The monoisotopic (exact) mass is 394 g/mol. The summed E-state index contributed by atoms with van der Waals surface area (Å²) in [7, 11) is 0. The number of carbonyl (C=O) groups is 2. The average molecular weight is 395 g/mol. The van der Waals surface area contributed by atoms with Crippen molar-refractivity contribution in [1.29, 1.82) is 0 Å². The number of nitrogens with one attached hydrogen (secondary N) is 2. The van der Waals surface area contributed by atoms with E-state index in [1.165, 1.54) is 0 Å². The highest BCUT2D eigenvalue weighted by Gasteiger charge is 2.11. The van der Waals surface area contributed by atoms with Crippen molar-refractivity contribution < 1.29 is 14.3 Å². The first kappa shape index (κ1) is 20.1. The first-order valence-corrected chi connectivity index (χ1v) is 9.01. The Morgan fingerprint density at radius 1 is 1.08 bits per heavy atom. The number of rotatable bonds is 8. The van der Waals surface area contributed by atoms with Gasteiger partial charge in [0.1, 0.15) is 5.75 Å². The molecule has 5 nitrogen and oxygen atoms in total. The molecule has 2 rings (SSSR count). The van der Waals surface area contributed by atoms with E-state index in [1.807, 2.05) is 13.0 Å². The van der Waals surface area contributed by atoms with Gasteiger partial charge in [-0.15, -0.1) is 0 Å². The Morgan fingerprint density at radius 2 is 1.85 bits per heavy atom. The fourth-order valence-corrected chi connectivity index (χ4v) is 2.58. The Hall–Kier alpha value is -2.24. The number of anilines is 1. The molecule has 2 aromatic carbocycles. The first-order chi connectivity index (χ1) is 12.5. The molecular formula is C19H20Cl2N2O3. The Kier molecular flexibility index (Phi) is 7.75. The zero-order valence-corrected chi connectivity index (χ0v) is 15.9. The molecule has 2 N–H and O–H groups in total. The molecule has 26 heavy (non-hydrogen) atoms. The van der Waals surface area contributed by atoms with Crippen molar-refractivity contribution in [3.05, 3.63) is 58.1 Å². The molecular weight excluding hydrogens is 375 g/mol. The standard InChI is InChI=1S/C19H20Cl2N2O3/c1-2-26-17-7-4-3-6-14(17)19(25)22-11-5-8-18(24)23-13-9-10-15(20)16(21)12-13/h3-4,6-7,9-10,12H,2,5,8,11H2,1H3,(H,22,25)(H,23,24). The second kappa shape index (κ2) is 10.0. The van der Waals surface area contributed by atoms with E-state index in [0.717, 1.165) is 0 Å². The minimum absolute atomic E-state index is 0.160. The quantitative estimate of drug-likeness (QED) is 0.645. The fourth-order valence-electron chi connectivity index (χ4n) is 2.28. The molecule has 0 radical (unpaired) electrons. The van der Waals surface area contributed by atoms with Crippen molar-refractivity contribution in [2.75, 3.05) is 18.5 Å². The van der Waals surface area contributed by atoms with Crippen molar-refractivity contribution in [2.45, 2.75) is 19.8 Å². The highest BCUT2D eigenvalue weighted by molar-refractivity contribution is 6.42. The molecule has 2 aromatic rings. The molecule has 0 fully saturated rings. The molecule has 0 unspecified atom stereocenters. The van der Waals surface area contributed by atoms with E-state index in [1.54, 1.807) is 36.4 Å². The highest BCUT2D eigenvalue weighted by atomic mass is 35.5. The first-order valence-electron chi connectivity index (χ1n) is 8.26. The van der Waals surface area contributed by atoms with Crippen molar-refractivity contribution in [2.24, 2.45) is 0 Å². The maximum absolute atomic E-state index is 12.2. The summed E-state index contributed by atoms with van der Waals surface area (Å²) < 4.78 is 5.44. The Morgan fingerprint density at radius 3 is 2.58 bits per heavy atom. The lowest BCUT2D eigenvalue weighted by molar-refractivity contribution is -0.116. The molecule has 2 amide bonds. The van der Waals surface area contributed by atoms with E-state index in [9.17, 15) is 9.59 Å². The van der Waals surface area contributed by atoms with E-state index >= 15 is 0 Å². The lowest BCUT2D eigenvalue weighted by atomic mass is 10.2. The van der Waals surface area contributed by atoms with Gasteiger partial charge in [0.15, 0.2) is 0 Å². The van der Waals surface area contributed by atoms with Crippen LogP contribution in [0.2, 0.25) is 10.0 Å². The molecule has 0 aliphatic carbocycles. The smallest absolute Gasteiger partial charge is 0.255 e. The molecule has 7 heteroatoms. The fraction of sp³-hybridized carbons (Fsp3) is 0.263. The van der Waals surface area contributed by atoms with Crippen LogP contribution in [-0.4, -0.2) is 25.0 Å². The van der Waals surface area contributed by atoms with E-state index in [2.05, 4.69) is 10.6 Å². The Labute approximate surface area is 162 Å². The molecule has 0 saturated carbocycles. The molecule has 0 aromatic heterocycles. The van der Waals surface area contributed by atoms with Gasteiger partial charge >= 0.3 is 0 Å². The molecule has 0 atom stereocenters. The van der Waals surface area contributed by atoms with Crippen LogP contribution >= 0.6 is 23.2 Å². The number of ether oxygens (including phenoxy) is 1. The van der Waals surface area contributed by atoms with Crippen molar-refractivity contribution >= 4 is 40.7 Å². The number of amides is 2. The third-order valence-electron chi connectivity index (χ3n) is 3.50. The summed E-state index contributed by atoms with van der Waals surface area (Å²) in [6, 6.07) is 11.9. The summed E-state index contributed by atoms with van der Waals surface area (Å²) in [4.78, 5) is 24.2. The van der Waals surface area contributed by atoms with Crippen LogP contribution in [0, 0.1) is 0 Å². The Bertz CT molecular complexity index is 781. The van der Waals surface area contributed by atoms with Crippen LogP contribution in [0.15, 0.2) is 42.5 Å². The lowest BCUT2D eigenvalue weighted by Crippen LogP contribution is -2.26. The molecule has 0 aliphatic heterocycles. The topological polar surface area (TPSA) is 67.4 Å². The summed E-state index contributed by atoms with van der Waals surface area (Å²) in [6.07, 6.45) is 0.781. The van der Waals surface area contributed by atoms with Crippen molar-refractivity contribution in [3.8, 4) is 5.75 Å². The van der Waals surface area contributed by atoms with E-state index in [-0.39, 0.29) is 18.2 Å². The van der Waals surface area contributed by atoms with Gasteiger partial charge in [-0.2, -0.15) is 0 Å². The predicted molar refractivity (Wildman–Crippen MR) is 104 cm³/mol. The van der Waals surface area contributed by atoms with Crippen LogP contribution in [0.1, 0.15) is 30.1 Å². The molecule has 0 spiro atoms. The van der Waals surface area contributed by atoms with E-state index in [0.29, 0.717) is 46.6 Å². The number of halogens is 2. The molecule has 0 saturated heterocycles. The number of benzene rings is 2. The number of hydrogen-bond acceptors (Lipinski definition) is 3. The van der Waals surface area contributed by atoms with Gasteiger partial charge in [0.05, 0.1) is 22.2 Å². The largest absolute Gasteiger partial charge is 0.493 e. The second-order valence-corrected chi connectivity index (χ2v) is 6.28. The summed E-state index contributed by atoms with van der Waals surface area (Å²) >= 11 is 11.7. The highest BCUT2D eigenvalue weighted by Crippen LogP contribution is 2.25. The van der Waals surface area contributed by atoms with Crippen LogP contribution in [0.3, 0.4) is 0 Å². The molecule has 0 aliphatic rings. The van der Waals surface area contributed by atoms with E-state index < -0.39 is 0 Å². The minimum atomic E-state index is -0.223. The van der Waals surface area contributed by atoms with Crippen LogP contribution < -0.4 is 15.4 Å². The maximum atomic E-state index is 12.2. The van der Waals surface area contributed by atoms with Crippen LogP contribution in [0.4, 0.5) is 5.69 Å². The summed E-state index contributed by atoms with van der Waals surface area (Å²) in [5.74, 6) is 0.163. The zero-order chi connectivity index (χ0) is 18.9. The Balaban J connectivity index is 1.76. The maximum Gasteiger partial charge on any atom is 0.255 e. The third-order valence-corrected chi connectivity index (χ3v) is 4.24. The SMILES string of the molecule is CCOc1ccccc1C(=O)NCCCC(=O)Nc1ccc(Cl)c(Cl)c1. The normalized spacial score (nSPS) is 10.3. The van der Waals surface area contributed by atoms with Gasteiger partial charge in [-0.1, -0.05) is 35.3 Å². The summed E-state index contributed by atoms with van der Waals surface area (Å²) in [5.41, 5.74) is 1.06. The molecule has 0 heterocycles. The average Bonchev–Trinajstić information content (AvgIpc) is 2.62. The van der Waals surface area contributed by atoms with Gasteiger partial charge in [-0.05, 0) is 43.7 Å². The summed E-state index contributed by atoms with van der Waals surface area (Å²) in [6.45, 7) is 2.73. The number of hydrogen-bond donors (Lipinski definition) is 2. The van der Waals surface area contributed by atoms with Gasteiger partial charge in [0, 0.05) is 18.7 Å². The van der Waals surface area contributed by atoms with Gasteiger partial charge in [0.25, 0.3) is 5.91 Å². The van der Waals surface area contributed by atoms with Gasteiger partial charge in [-0.25, -0.2) is 0 Å². The van der Waals surface area contributed by atoms with E-state index in [4.69, 9.17) is 27.9 Å². The molecule has 0 bridgehead atoms.